The van der Waals surface area contributed by atoms with E-state index in [-0.39, 0.29) is 19.7 Å². The maximum atomic E-state index is 12.4. The van der Waals surface area contributed by atoms with Gasteiger partial charge in [-0.25, -0.2) is 9.59 Å². The van der Waals surface area contributed by atoms with E-state index in [2.05, 4.69) is 5.32 Å². The van der Waals surface area contributed by atoms with Crippen LogP contribution < -0.4 is 11.1 Å². The van der Waals surface area contributed by atoms with E-state index >= 15 is 0 Å². The number of rotatable bonds is 7. The predicted octanol–water partition coefficient (Wildman–Crippen LogP) is 2.16. The number of nitrogens with zero attached hydrogens (tertiary/aromatic N) is 1. The number of hydrogen-bond donors (Lipinski definition) is 2. The molecular formula is C18H27N3O5. The Kier molecular flexibility index (Phi) is 7.89. The van der Waals surface area contributed by atoms with Gasteiger partial charge in [0.1, 0.15) is 12.1 Å². The number of ether oxygens (including phenoxy) is 2. The van der Waals surface area contributed by atoms with Gasteiger partial charge in [-0.3, -0.25) is 9.69 Å². The molecule has 8 nitrogen and oxygen atoms in total. The summed E-state index contributed by atoms with van der Waals surface area (Å²) in [6.45, 7) is 7.52. The second-order valence-electron chi connectivity index (χ2n) is 6.68. The number of carbonyl (C=O) groups is 3. The number of carbonyl (C=O) groups excluding carboxylic acids is 3. The summed E-state index contributed by atoms with van der Waals surface area (Å²) in [6, 6.07) is 6.63. The van der Waals surface area contributed by atoms with Gasteiger partial charge in [-0.1, -0.05) is 24.3 Å². The third-order valence-corrected chi connectivity index (χ3v) is 3.14. The summed E-state index contributed by atoms with van der Waals surface area (Å²) >= 11 is 0. The Bertz CT molecular complexity index is 623. The van der Waals surface area contributed by atoms with Gasteiger partial charge in [0.15, 0.2) is 0 Å². The molecule has 1 aromatic carbocycles. The first-order chi connectivity index (χ1) is 12.1. The highest BCUT2D eigenvalue weighted by Gasteiger charge is 2.24. The first-order valence-electron chi connectivity index (χ1n) is 8.35. The summed E-state index contributed by atoms with van der Waals surface area (Å²) < 4.78 is 10.3. The maximum Gasteiger partial charge on any atom is 0.411 e. The third kappa shape index (κ3) is 8.36. The minimum absolute atomic E-state index is 0.192. The van der Waals surface area contributed by atoms with Crippen molar-refractivity contribution in [1.82, 2.24) is 10.2 Å². The van der Waals surface area contributed by atoms with Crippen molar-refractivity contribution in [2.75, 3.05) is 13.2 Å². The number of urea groups is 1. The smallest absolute Gasteiger partial charge is 0.411 e. The van der Waals surface area contributed by atoms with Crippen LogP contribution in [0.25, 0.3) is 0 Å². The summed E-state index contributed by atoms with van der Waals surface area (Å²) in [5.74, 6) is -0.499. The molecular weight excluding hydrogens is 338 g/mol. The second-order valence-corrected chi connectivity index (χ2v) is 6.68. The van der Waals surface area contributed by atoms with Crippen molar-refractivity contribution >= 4 is 18.1 Å². The predicted molar refractivity (Wildman–Crippen MR) is 96.1 cm³/mol. The Labute approximate surface area is 153 Å². The Morgan fingerprint density at radius 3 is 2.19 bits per heavy atom. The van der Waals surface area contributed by atoms with Crippen LogP contribution in [0.5, 0.6) is 0 Å². The van der Waals surface area contributed by atoms with E-state index in [0.717, 1.165) is 11.1 Å². The number of hydrogen-bond acceptors (Lipinski definition) is 5. The van der Waals surface area contributed by atoms with E-state index in [0.29, 0.717) is 6.54 Å². The van der Waals surface area contributed by atoms with E-state index in [9.17, 15) is 14.4 Å². The SMILES string of the molecule is CCOC(=O)CN(Cc1ccc(CNC(N)=O)cc1)C(=O)OC(C)(C)C. The molecule has 8 heteroatoms. The molecule has 0 aliphatic heterocycles. The van der Waals surface area contributed by atoms with Crippen molar-refractivity contribution in [2.24, 2.45) is 5.73 Å². The average Bonchev–Trinajstić information content (AvgIpc) is 2.52. The third-order valence-electron chi connectivity index (χ3n) is 3.14. The first kappa shape index (κ1) is 21.3. The number of esters is 1. The normalized spacial score (nSPS) is 10.8. The molecule has 3 amide bonds. The van der Waals surface area contributed by atoms with Gasteiger partial charge >= 0.3 is 18.1 Å². The van der Waals surface area contributed by atoms with Crippen LogP contribution in [0.15, 0.2) is 24.3 Å². The quantitative estimate of drug-likeness (QED) is 0.719. The lowest BCUT2D eigenvalue weighted by Gasteiger charge is -2.27. The van der Waals surface area contributed by atoms with E-state index in [1.54, 1.807) is 39.8 Å². The van der Waals surface area contributed by atoms with Crippen molar-refractivity contribution in [3.05, 3.63) is 35.4 Å². The summed E-state index contributed by atoms with van der Waals surface area (Å²) in [5, 5.41) is 2.50. The number of benzene rings is 1. The minimum Gasteiger partial charge on any atom is -0.465 e. The molecule has 1 aromatic rings. The topological polar surface area (TPSA) is 111 Å². The summed E-state index contributed by atoms with van der Waals surface area (Å²) in [7, 11) is 0. The number of nitrogens with two attached hydrogens (primary N) is 1. The highest BCUT2D eigenvalue weighted by Crippen LogP contribution is 2.13. The van der Waals surface area contributed by atoms with Crippen molar-refractivity contribution in [3.63, 3.8) is 0 Å². The molecule has 0 radical (unpaired) electrons. The van der Waals surface area contributed by atoms with Gasteiger partial charge in [-0.2, -0.15) is 0 Å². The van der Waals surface area contributed by atoms with Crippen LogP contribution in [0.3, 0.4) is 0 Å². The molecule has 0 bridgehead atoms. The van der Waals surface area contributed by atoms with Crippen LogP contribution in [-0.4, -0.2) is 41.7 Å². The van der Waals surface area contributed by atoms with Crippen LogP contribution in [-0.2, 0) is 27.4 Å². The zero-order valence-electron chi connectivity index (χ0n) is 15.7. The molecule has 0 spiro atoms. The van der Waals surface area contributed by atoms with E-state index < -0.39 is 23.7 Å². The van der Waals surface area contributed by atoms with Crippen LogP contribution in [0.4, 0.5) is 9.59 Å². The van der Waals surface area contributed by atoms with Gasteiger partial charge in [0.25, 0.3) is 0 Å². The Hall–Kier alpha value is -2.77. The number of amides is 3. The molecule has 0 aliphatic rings. The molecule has 0 atom stereocenters. The fourth-order valence-electron chi connectivity index (χ4n) is 2.05. The van der Waals surface area contributed by atoms with Crippen LogP contribution in [0.2, 0.25) is 0 Å². The van der Waals surface area contributed by atoms with Gasteiger partial charge in [0.05, 0.1) is 6.61 Å². The molecule has 3 N–H and O–H groups in total. The molecule has 0 aromatic heterocycles. The highest BCUT2D eigenvalue weighted by atomic mass is 16.6. The molecule has 144 valence electrons. The Morgan fingerprint density at radius 2 is 1.69 bits per heavy atom. The summed E-state index contributed by atoms with van der Waals surface area (Å²) in [6.07, 6.45) is -0.593. The van der Waals surface area contributed by atoms with Gasteiger partial charge in [-0.15, -0.1) is 0 Å². The van der Waals surface area contributed by atoms with Gasteiger partial charge in [0.2, 0.25) is 0 Å². The van der Waals surface area contributed by atoms with Crippen LogP contribution in [0, 0.1) is 0 Å². The lowest BCUT2D eigenvalue weighted by molar-refractivity contribution is -0.144. The number of primary amides is 1. The number of nitrogens with one attached hydrogen (secondary N) is 1. The molecule has 1 rings (SSSR count). The molecule has 0 aliphatic carbocycles. The average molecular weight is 365 g/mol. The van der Waals surface area contributed by atoms with Crippen LogP contribution in [0.1, 0.15) is 38.8 Å². The second kappa shape index (κ2) is 9.65. The Morgan fingerprint density at radius 1 is 1.12 bits per heavy atom. The fourth-order valence-corrected chi connectivity index (χ4v) is 2.05. The molecule has 0 fully saturated rings. The highest BCUT2D eigenvalue weighted by molar-refractivity contribution is 5.78. The van der Waals surface area contributed by atoms with Gasteiger partial charge in [-0.05, 0) is 38.8 Å². The summed E-state index contributed by atoms with van der Waals surface area (Å²) in [5.41, 5.74) is 6.04. The molecule has 0 saturated carbocycles. The van der Waals surface area contributed by atoms with Crippen molar-refractivity contribution in [2.45, 2.75) is 46.4 Å². The van der Waals surface area contributed by atoms with Gasteiger partial charge in [0, 0.05) is 13.1 Å². The van der Waals surface area contributed by atoms with Crippen molar-refractivity contribution in [1.29, 1.82) is 0 Å². The molecule has 0 saturated heterocycles. The van der Waals surface area contributed by atoms with Crippen molar-refractivity contribution in [3.8, 4) is 0 Å². The Balaban J connectivity index is 2.81. The van der Waals surface area contributed by atoms with Crippen molar-refractivity contribution < 1.29 is 23.9 Å². The van der Waals surface area contributed by atoms with E-state index in [1.807, 2.05) is 12.1 Å². The molecule has 0 heterocycles. The van der Waals surface area contributed by atoms with E-state index in [1.165, 1.54) is 4.90 Å². The largest absolute Gasteiger partial charge is 0.465 e. The monoisotopic (exact) mass is 365 g/mol. The summed E-state index contributed by atoms with van der Waals surface area (Å²) in [4.78, 5) is 36.2. The van der Waals surface area contributed by atoms with E-state index in [4.69, 9.17) is 15.2 Å². The lowest BCUT2D eigenvalue weighted by atomic mass is 10.1. The fraction of sp³-hybridized carbons (Fsp3) is 0.500. The lowest BCUT2D eigenvalue weighted by Crippen LogP contribution is -2.40. The standard InChI is InChI=1S/C18H27N3O5/c1-5-25-15(22)12-21(17(24)26-18(2,3)4)11-14-8-6-13(7-9-14)10-20-16(19)23/h6-9H,5,10-12H2,1-4H3,(H3,19,20,23). The maximum absolute atomic E-state index is 12.4. The molecule has 26 heavy (non-hydrogen) atoms. The van der Waals surface area contributed by atoms with Crippen LogP contribution >= 0.6 is 0 Å². The zero-order valence-corrected chi connectivity index (χ0v) is 15.7. The van der Waals surface area contributed by atoms with Gasteiger partial charge < -0.3 is 20.5 Å². The zero-order chi connectivity index (χ0) is 19.7. The molecule has 0 unspecified atom stereocenters. The minimum atomic E-state index is -0.672. The first-order valence-corrected chi connectivity index (χ1v) is 8.35.